The molecule has 1 fully saturated rings. The Morgan fingerprint density at radius 3 is 2.96 bits per heavy atom. The second-order valence-electron chi connectivity index (χ2n) is 6.67. The maximum absolute atomic E-state index is 12.5. The third-order valence-corrected chi connectivity index (χ3v) is 4.56. The number of amides is 1. The average Bonchev–Trinajstić information content (AvgIpc) is 3.08. The van der Waals surface area contributed by atoms with E-state index in [0.717, 1.165) is 25.8 Å². The molecule has 1 atom stereocenters. The lowest BCUT2D eigenvalue weighted by Gasteiger charge is -2.28. The van der Waals surface area contributed by atoms with Crippen LogP contribution in [0.2, 0.25) is 0 Å². The summed E-state index contributed by atoms with van der Waals surface area (Å²) in [4.78, 5) is 16.3. The zero-order chi connectivity index (χ0) is 17.6. The molecule has 1 N–H and O–H groups in total. The molecule has 25 heavy (non-hydrogen) atoms. The summed E-state index contributed by atoms with van der Waals surface area (Å²) in [5.41, 5.74) is 1.54. The van der Waals surface area contributed by atoms with Crippen molar-refractivity contribution in [3.05, 3.63) is 53.4 Å². The molecule has 2 heterocycles. The summed E-state index contributed by atoms with van der Waals surface area (Å²) in [6.07, 6.45) is 2.35. The summed E-state index contributed by atoms with van der Waals surface area (Å²) in [6, 6.07) is 11.8. The molecule has 2 aromatic rings. The van der Waals surface area contributed by atoms with Crippen molar-refractivity contribution in [2.45, 2.75) is 31.9 Å². The summed E-state index contributed by atoms with van der Waals surface area (Å²) in [5.74, 6) is 0.526. The van der Waals surface area contributed by atoms with Gasteiger partial charge in [-0.25, -0.2) is 0 Å². The summed E-state index contributed by atoms with van der Waals surface area (Å²) in [7, 11) is 1.78. The van der Waals surface area contributed by atoms with Crippen LogP contribution in [0, 0.1) is 0 Å². The largest absolute Gasteiger partial charge is 0.392 e. The zero-order valence-corrected chi connectivity index (χ0v) is 14.6. The molecule has 0 bridgehead atoms. The number of carbonyl (C=O) groups excluding carboxylic acids is 1. The van der Waals surface area contributed by atoms with E-state index in [9.17, 15) is 9.90 Å². The number of hydrogen-bond donors (Lipinski definition) is 1. The number of β-amino-alcohol motifs (C(OH)–C–C–N with tert-alkyl or cyclic N) is 1. The fraction of sp³-hybridized carbons (Fsp3) is 0.474. The van der Waals surface area contributed by atoms with E-state index in [4.69, 9.17) is 4.52 Å². The van der Waals surface area contributed by atoms with Crippen LogP contribution >= 0.6 is 0 Å². The van der Waals surface area contributed by atoms with Gasteiger partial charge < -0.3 is 14.5 Å². The number of carbonyl (C=O) groups is 1. The Morgan fingerprint density at radius 2 is 2.20 bits per heavy atom. The summed E-state index contributed by atoms with van der Waals surface area (Å²) in [5, 5.41) is 13.6. The highest BCUT2D eigenvalue weighted by molar-refractivity contribution is 5.92. The Morgan fingerprint density at radius 1 is 1.40 bits per heavy atom. The highest BCUT2D eigenvalue weighted by Crippen LogP contribution is 2.15. The Bertz CT molecular complexity index is 686. The molecule has 6 nitrogen and oxygen atoms in total. The Hall–Kier alpha value is -2.18. The van der Waals surface area contributed by atoms with Crippen LogP contribution in [0.25, 0.3) is 0 Å². The van der Waals surface area contributed by atoms with Crippen molar-refractivity contribution in [2.75, 3.05) is 26.7 Å². The lowest BCUT2D eigenvalue weighted by atomic mass is 10.1. The molecule has 6 heteroatoms. The molecule has 1 unspecified atom stereocenters. The van der Waals surface area contributed by atoms with Gasteiger partial charge in [-0.1, -0.05) is 35.5 Å². The number of nitrogens with zero attached hydrogens (tertiary/aromatic N) is 3. The first kappa shape index (κ1) is 17.6. The number of hydrogen-bond acceptors (Lipinski definition) is 5. The predicted octanol–water partition coefficient (Wildman–Crippen LogP) is 1.95. The Kier molecular flexibility index (Phi) is 5.83. The van der Waals surface area contributed by atoms with E-state index in [2.05, 4.69) is 22.2 Å². The quantitative estimate of drug-likeness (QED) is 0.868. The van der Waals surface area contributed by atoms with Crippen molar-refractivity contribution in [1.82, 2.24) is 15.0 Å². The number of aromatic nitrogens is 1. The van der Waals surface area contributed by atoms with E-state index >= 15 is 0 Å². The molecule has 1 amide bonds. The van der Waals surface area contributed by atoms with Crippen LogP contribution in [0.5, 0.6) is 0 Å². The minimum Gasteiger partial charge on any atom is -0.392 e. The number of aliphatic hydroxyl groups excluding tert-OH is 1. The fourth-order valence-electron chi connectivity index (χ4n) is 3.12. The third kappa shape index (κ3) is 4.90. The first-order valence-electron chi connectivity index (χ1n) is 8.77. The van der Waals surface area contributed by atoms with Crippen LogP contribution in [0.3, 0.4) is 0 Å². The van der Waals surface area contributed by atoms with E-state index in [1.807, 2.05) is 18.2 Å². The molecular formula is C19H25N3O3. The van der Waals surface area contributed by atoms with E-state index in [-0.39, 0.29) is 12.0 Å². The molecule has 134 valence electrons. The maximum Gasteiger partial charge on any atom is 0.275 e. The third-order valence-electron chi connectivity index (χ3n) is 4.56. The van der Waals surface area contributed by atoms with Gasteiger partial charge in [-0.15, -0.1) is 0 Å². The molecule has 1 aromatic heterocycles. The SMILES string of the molecule is CN(CCc1ccccc1)C(=O)c1cc(CN2CCCC(O)C2)on1. The van der Waals surface area contributed by atoms with Gasteiger partial charge in [0.05, 0.1) is 12.6 Å². The highest BCUT2D eigenvalue weighted by atomic mass is 16.5. The van der Waals surface area contributed by atoms with Crippen molar-refractivity contribution in [1.29, 1.82) is 0 Å². The molecule has 1 saturated heterocycles. The van der Waals surface area contributed by atoms with E-state index in [1.54, 1.807) is 18.0 Å². The molecule has 0 aliphatic carbocycles. The van der Waals surface area contributed by atoms with Gasteiger partial charge in [0.2, 0.25) is 0 Å². The van der Waals surface area contributed by atoms with Crippen LogP contribution in [0.15, 0.2) is 40.9 Å². The van der Waals surface area contributed by atoms with E-state index < -0.39 is 0 Å². The van der Waals surface area contributed by atoms with Gasteiger partial charge in [0, 0.05) is 26.2 Å². The first-order chi connectivity index (χ1) is 12.1. The number of benzene rings is 1. The van der Waals surface area contributed by atoms with Crippen LogP contribution in [0.4, 0.5) is 0 Å². The number of piperidine rings is 1. The smallest absolute Gasteiger partial charge is 0.275 e. The van der Waals surface area contributed by atoms with Crippen molar-refractivity contribution in [2.24, 2.45) is 0 Å². The van der Waals surface area contributed by atoms with E-state index in [0.29, 0.717) is 31.1 Å². The lowest BCUT2D eigenvalue weighted by Crippen LogP contribution is -2.37. The standard InChI is InChI=1S/C19H25N3O3/c1-21(11-9-15-6-3-2-4-7-15)19(24)18-12-17(25-20-18)14-22-10-5-8-16(23)13-22/h2-4,6-7,12,16,23H,5,8-11,13-14H2,1H3. The normalized spacial score (nSPS) is 18.2. The number of rotatable bonds is 6. The van der Waals surface area contributed by atoms with Crippen LogP contribution in [-0.2, 0) is 13.0 Å². The summed E-state index contributed by atoms with van der Waals surface area (Å²) in [6.45, 7) is 2.77. The van der Waals surface area contributed by atoms with Gasteiger partial charge in [0.1, 0.15) is 0 Å². The van der Waals surface area contributed by atoms with Gasteiger partial charge in [0.25, 0.3) is 5.91 Å². The maximum atomic E-state index is 12.5. The predicted molar refractivity (Wildman–Crippen MR) is 94.1 cm³/mol. The molecule has 1 aliphatic rings. The molecule has 0 spiro atoms. The second-order valence-corrected chi connectivity index (χ2v) is 6.67. The molecule has 0 saturated carbocycles. The Labute approximate surface area is 148 Å². The Balaban J connectivity index is 1.52. The first-order valence-corrected chi connectivity index (χ1v) is 8.77. The second kappa shape index (κ2) is 8.27. The topological polar surface area (TPSA) is 69.8 Å². The van der Waals surface area contributed by atoms with Crippen molar-refractivity contribution >= 4 is 5.91 Å². The minimum atomic E-state index is -0.276. The number of aliphatic hydroxyl groups is 1. The number of likely N-dealkylation sites (N-methyl/N-ethyl adjacent to an activating group) is 1. The monoisotopic (exact) mass is 343 g/mol. The van der Waals surface area contributed by atoms with Gasteiger partial charge in [0.15, 0.2) is 11.5 Å². The van der Waals surface area contributed by atoms with E-state index in [1.165, 1.54) is 5.56 Å². The van der Waals surface area contributed by atoms with Gasteiger partial charge in [-0.3, -0.25) is 9.69 Å². The van der Waals surface area contributed by atoms with Crippen molar-refractivity contribution in [3.63, 3.8) is 0 Å². The summed E-state index contributed by atoms with van der Waals surface area (Å²) < 4.78 is 5.32. The molecule has 3 rings (SSSR count). The van der Waals surface area contributed by atoms with Crippen LogP contribution in [-0.4, -0.2) is 58.8 Å². The molecular weight excluding hydrogens is 318 g/mol. The van der Waals surface area contributed by atoms with Crippen molar-refractivity contribution < 1.29 is 14.4 Å². The van der Waals surface area contributed by atoms with Gasteiger partial charge in [-0.2, -0.15) is 0 Å². The summed E-state index contributed by atoms with van der Waals surface area (Å²) >= 11 is 0. The molecule has 0 radical (unpaired) electrons. The lowest BCUT2D eigenvalue weighted by molar-refractivity contribution is 0.0622. The number of likely N-dealkylation sites (tertiary alicyclic amines) is 1. The molecule has 1 aliphatic heterocycles. The van der Waals surface area contributed by atoms with Crippen LogP contribution in [0.1, 0.15) is 34.7 Å². The minimum absolute atomic E-state index is 0.135. The fourth-order valence-corrected chi connectivity index (χ4v) is 3.12. The van der Waals surface area contributed by atoms with Gasteiger partial charge in [-0.05, 0) is 31.4 Å². The van der Waals surface area contributed by atoms with Gasteiger partial charge >= 0.3 is 0 Å². The molecule has 1 aromatic carbocycles. The zero-order valence-electron chi connectivity index (χ0n) is 14.6. The highest BCUT2D eigenvalue weighted by Gasteiger charge is 2.21. The van der Waals surface area contributed by atoms with Crippen LogP contribution < -0.4 is 0 Å². The average molecular weight is 343 g/mol. The van der Waals surface area contributed by atoms with Crippen molar-refractivity contribution in [3.8, 4) is 0 Å².